The highest BCUT2D eigenvalue weighted by Gasteiger charge is 2.14. The summed E-state index contributed by atoms with van der Waals surface area (Å²) in [6.07, 6.45) is 0.368. The van der Waals surface area contributed by atoms with E-state index in [1.807, 2.05) is 55.6 Å². The lowest BCUT2D eigenvalue weighted by Gasteiger charge is -2.02. The molecular formula is C19H18N2O2S2. The molecule has 0 saturated heterocycles. The first-order chi connectivity index (χ1) is 12.0. The average molecular weight is 370 g/mol. The zero-order valence-corrected chi connectivity index (χ0v) is 15.7. The van der Waals surface area contributed by atoms with Crippen molar-refractivity contribution in [2.24, 2.45) is 0 Å². The van der Waals surface area contributed by atoms with E-state index < -0.39 is 0 Å². The molecule has 2 heterocycles. The second-order valence-electron chi connectivity index (χ2n) is 5.70. The number of aryl methyl sites for hydroxylation is 2. The first kappa shape index (κ1) is 17.5. The van der Waals surface area contributed by atoms with Crippen LogP contribution in [0, 0.1) is 13.8 Å². The molecule has 0 spiro atoms. The van der Waals surface area contributed by atoms with Crippen LogP contribution in [0.2, 0.25) is 0 Å². The minimum absolute atomic E-state index is 0.0149. The molecule has 0 saturated carbocycles. The Bertz CT molecular complexity index is 897. The summed E-state index contributed by atoms with van der Waals surface area (Å²) < 4.78 is 0. The fourth-order valence-corrected chi connectivity index (χ4v) is 4.20. The van der Waals surface area contributed by atoms with E-state index in [0.717, 1.165) is 26.6 Å². The monoisotopic (exact) mass is 370 g/mol. The minimum Gasteiger partial charge on any atom is -0.302 e. The SMILES string of the molecule is Cc1cc(C(=O)CCC(=O)Nc2nc(-c3ccccc3)cs2)c(C)s1. The number of anilines is 1. The third-order valence-electron chi connectivity index (χ3n) is 3.74. The number of thiophene rings is 1. The minimum atomic E-state index is -0.188. The first-order valence-electron chi connectivity index (χ1n) is 7.94. The molecule has 0 bridgehead atoms. The van der Waals surface area contributed by atoms with Gasteiger partial charge in [-0.1, -0.05) is 30.3 Å². The summed E-state index contributed by atoms with van der Waals surface area (Å²) in [4.78, 5) is 30.9. The van der Waals surface area contributed by atoms with Crippen LogP contribution in [-0.4, -0.2) is 16.7 Å². The van der Waals surface area contributed by atoms with Crippen LogP contribution in [0.25, 0.3) is 11.3 Å². The van der Waals surface area contributed by atoms with Crippen molar-refractivity contribution in [1.29, 1.82) is 0 Å². The van der Waals surface area contributed by atoms with Crippen molar-refractivity contribution in [1.82, 2.24) is 4.98 Å². The molecule has 25 heavy (non-hydrogen) atoms. The van der Waals surface area contributed by atoms with Crippen LogP contribution in [0.5, 0.6) is 0 Å². The number of nitrogens with one attached hydrogen (secondary N) is 1. The van der Waals surface area contributed by atoms with Crippen molar-refractivity contribution in [3.63, 3.8) is 0 Å². The molecule has 0 fully saturated rings. The van der Waals surface area contributed by atoms with Gasteiger partial charge in [0.1, 0.15) is 0 Å². The van der Waals surface area contributed by atoms with Crippen molar-refractivity contribution >= 4 is 39.5 Å². The van der Waals surface area contributed by atoms with E-state index in [1.54, 1.807) is 11.3 Å². The maximum atomic E-state index is 12.2. The molecular weight excluding hydrogens is 352 g/mol. The van der Waals surface area contributed by atoms with Gasteiger partial charge in [-0.05, 0) is 19.9 Å². The van der Waals surface area contributed by atoms with Crippen molar-refractivity contribution < 1.29 is 9.59 Å². The van der Waals surface area contributed by atoms with Crippen LogP contribution < -0.4 is 5.32 Å². The number of hydrogen-bond donors (Lipinski definition) is 1. The molecule has 0 aliphatic rings. The average Bonchev–Trinajstić information content (AvgIpc) is 3.19. The van der Waals surface area contributed by atoms with Gasteiger partial charge >= 0.3 is 0 Å². The van der Waals surface area contributed by atoms with Gasteiger partial charge in [0.25, 0.3) is 0 Å². The number of thiazole rings is 1. The molecule has 6 heteroatoms. The number of aromatic nitrogens is 1. The number of Topliss-reactive ketones (excluding diaryl/α,β-unsaturated/α-hetero) is 1. The van der Waals surface area contributed by atoms with Gasteiger partial charge in [-0.3, -0.25) is 9.59 Å². The number of ketones is 1. The van der Waals surface area contributed by atoms with Crippen LogP contribution in [0.4, 0.5) is 5.13 Å². The zero-order valence-electron chi connectivity index (χ0n) is 14.0. The Kier molecular flexibility index (Phi) is 5.40. The van der Waals surface area contributed by atoms with E-state index in [9.17, 15) is 9.59 Å². The molecule has 128 valence electrons. The molecule has 0 atom stereocenters. The summed E-state index contributed by atoms with van der Waals surface area (Å²) in [6.45, 7) is 3.92. The van der Waals surface area contributed by atoms with Crippen molar-refractivity contribution in [3.8, 4) is 11.3 Å². The van der Waals surface area contributed by atoms with Gasteiger partial charge in [-0.2, -0.15) is 0 Å². The molecule has 0 unspecified atom stereocenters. The second kappa shape index (κ2) is 7.72. The molecule has 3 aromatic rings. The predicted molar refractivity (Wildman–Crippen MR) is 104 cm³/mol. The molecule has 0 radical (unpaired) electrons. The third kappa shape index (κ3) is 4.41. The standard InChI is InChI=1S/C19H18N2O2S2/c1-12-10-15(13(2)25-12)17(22)8-9-18(23)21-19-20-16(11-24-19)14-6-4-3-5-7-14/h3-7,10-11H,8-9H2,1-2H3,(H,20,21,23). The van der Waals surface area contributed by atoms with Crippen LogP contribution >= 0.6 is 22.7 Å². The summed E-state index contributed by atoms with van der Waals surface area (Å²) in [5, 5.41) is 5.24. The van der Waals surface area contributed by atoms with Gasteiger partial charge in [0.2, 0.25) is 5.91 Å². The van der Waals surface area contributed by atoms with Crippen molar-refractivity contribution in [3.05, 3.63) is 57.1 Å². The molecule has 3 rings (SSSR count). The second-order valence-corrected chi connectivity index (χ2v) is 8.02. The van der Waals surface area contributed by atoms with Gasteiger partial charge < -0.3 is 5.32 Å². The summed E-state index contributed by atoms with van der Waals surface area (Å²) in [7, 11) is 0. The molecule has 1 aromatic carbocycles. The van der Waals surface area contributed by atoms with Crippen LogP contribution in [0.1, 0.15) is 33.0 Å². The predicted octanol–water partition coefficient (Wildman–Crippen LogP) is 5.09. The fourth-order valence-electron chi connectivity index (χ4n) is 2.52. The fraction of sp³-hybridized carbons (Fsp3) is 0.211. The lowest BCUT2D eigenvalue weighted by atomic mass is 10.1. The molecule has 1 amide bonds. The Morgan fingerprint density at radius 1 is 1.12 bits per heavy atom. The summed E-state index contributed by atoms with van der Waals surface area (Å²) in [5.41, 5.74) is 2.58. The number of hydrogen-bond acceptors (Lipinski definition) is 5. The number of rotatable bonds is 6. The summed E-state index contributed by atoms with van der Waals surface area (Å²) in [5.74, 6) is -0.173. The highest BCUT2D eigenvalue weighted by Crippen LogP contribution is 2.25. The lowest BCUT2D eigenvalue weighted by Crippen LogP contribution is -2.13. The topological polar surface area (TPSA) is 59.1 Å². The Morgan fingerprint density at radius 3 is 2.56 bits per heavy atom. The number of carbonyl (C=O) groups excluding carboxylic acids is 2. The van der Waals surface area contributed by atoms with Crippen molar-refractivity contribution in [2.75, 3.05) is 5.32 Å². The third-order valence-corrected chi connectivity index (χ3v) is 5.46. The van der Waals surface area contributed by atoms with Gasteiger partial charge in [0.05, 0.1) is 5.69 Å². The van der Waals surface area contributed by atoms with Crippen LogP contribution in [0.3, 0.4) is 0 Å². The van der Waals surface area contributed by atoms with E-state index >= 15 is 0 Å². The Balaban J connectivity index is 1.55. The Hall–Kier alpha value is -2.31. The van der Waals surface area contributed by atoms with Gasteiger partial charge in [-0.15, -0.1) is 22.7 Å². The normalized spacial score (nSPS) is 10.6. The van der Waals surface area contributed by atoms with E-state index in [1.165, 1.54) is 11.3 Å². The van der Waals surface area contributed by atoms with E-state index in [2.05, 4.69) is 10.3 Å². The Morgan fingerprint density at radius 2 is 1.88 bits per heavy atom. The zero-order chi connectivity index (χ0) is 17.8. The lowest BCUT2D eigenvalue weighted by molar-refractivity contribution is -0.116. The highest BCUT2D eigenvalue weighted by atomic mass is 32.1. The number of nitrogens with zero attached hydrogens (tertiary/aromatic N) is 1. The van der Waals surface area contributed by atoms with E-state index in [-0.39, 0.29) is 24.5 Å². The number of amides is 1. The van der Waals surface area contributed by atoms with Crippen LogP contribution in [-0.2, 0) is 4.79 Å². The van der Waals surface area contributed by atoms with Gasteiger partial charge in [0, 0.05) is 39.1 Å². The van der Waals surface area contributed by atoms with Gasteiger partial charge in [-0.25, -0.2) is 4.98 Å². The molecule has 1 N–H and O–H groups in total. The quantitative estimate of drug-likeness (QED) is 0.615. The molecule has 0 aliphatic carbocycles. The van der Waals surface area contributed by atoms with E-state index in [4.69, 9.17) is 0 Å². The smallest absolute Gasteiger partial charge is 0.226 e. The molecule has 2 aromatic heterocycles. The summed E-state index contributed by atoms with van der Waals surface area (Å²) in [6, 6.07) is 11.7. The Labute approximate surface area is 154 Å². The van der Waals surface area contributed by atoms with E-state index in [0.29, 0.717) is 5.13 Å². The maximum Gasteiger partial charge on any atom is 0.226 e. The highest BCUT2D eigenvalue weighted by molar-refractivity contribution is 7.14. The molecule has 4 nitrogen and oxygen atoms in total. The largest absolute Gasteiger partial charge is 0.302 e. The first-order valence-corrected chi connectivity index (χ1v) is 9.63. The number of benzene rings is 1. The summed E-state index contributed by atoms with van der Waals surface area (Å²) >= 11 is 2.99. The van der Waals surface area contributed by atoms with Crippen molar-refractivity contribution in [2.45, 2.75) is 26.7 Å². The maximum absolute atomic E-state index is 12.2. The molecule has 0 aliphatic heterocycles. The van der Waals surface area contributed by atoms with Crippen LogP contribution in [0.15, 0.2) is 41.8 Å². The number of carbonyl (C=O) groups is 2. The van der Waals surface area contributed by atoms with Gasteiger partial charge in [0.15, 0.2) is 10.9 Å².